The quantitative estimate of drug-likeness (QED) is 0.665. The zero-order valence-corrected chi connectivity index (χ0v) is 16.7. The number of carbonyl (C=O) groups excluding carboxylic acids is 2. The zero-order valence-electron chi connectivity index (χ0n) is 16.0. The molecule has 5 nitrogen and oxygen atoms in total. The van der Waals surface area contributed by atoms with Gasteiger partial charge in [0.1, 0.15) is 6.54 Å². The number of amides is 2. The van der Waals surface area contributed by atoms with Gasteiger partial charge in [0.25, 0.3) is 5.91 Å². The third-order valence-electron chi connectivity index (χ3n) is 5.11. The molecule has 0 aromatic heterocycles. The van der Waals surface area contributed by atoms with Crippen LogP contribution in [0.1, 0.15) is 40.7 Å². The number of nitrogens with one attached hydrogen (secondary N) is 3. The minimum absolute atomic E-state index is 0.0546. The fourth-order valence-corrected chi connectivity index (χ4v) is 3.65. The van der Waals surface area contributed by atoms with E-state index in [0.29, 0.717) is 17.1 Å². The molecule has 1 saturated heterocycles. The van der Waals surface area contributed by atoms with E-state index in [1.165, 1.54) is 37.9 Å². The maximum Gasteiger partial charge on any atom is 0.251 e. The molecule has 0 atom stereocenters. The van der Waals surface area contributed by atoms with Crippen molar-refractivity contribution < 1.29 is 14.5 Å². The van der Waals surface area contributed by atoms with Gasteiger partial charge in [-0.3, -0.25) is 9.59 Å². The van der Waals surface area contributed by atoms with Crippen LogP contribution in [0.25, 0.3) is 0 Å². The maximum atomic E-state index is 12.2. The van der Waals surface area contributed by atoms with Crippen molar-refractivity contribution in [2.24, 2.45) is 0 Å². The molecule has 3 rings (SSSR count). The summed E-state index contributed by atoms with van der Waals surface area (Å²) in [6.07, 6.45) is 3.92. The lowest BCUT2D eigenvalue weighted by Gasteiger charge is -2.24. The molecule has 1 fully saturated rings. The van der Waals surface area contributed by atoms with Gasteiger partial charge in [0.15, 0.2) is 0 Å². The van der Waals surface area contributed by atoms with Crippen molar-refractivity contribution in [1.82, 2.24) is 10.6 Å². The van der Waals surface area contributed by atoms with Crippen LogP contribution in [0.15, 0.2) is 48.5 Å². The van der Waals surface area contributed by atoms with E-state index in [1.54, 1.807) is 29.2 Å². The monoisotopic (exact) mass is 400 g/mol. The molecule has 0 aliphatic carbocycles. The highest BCUT2D eigenvalue weighted by Crippen LogP contribution is 2.10. The van der Waals surface area contributed by atoms with Gasteiger partial charge in [-0.25, -0.2) is 0 Å². The number of likely N-dealkylation sites (tertiary alicyclic amines) is 1. The molecular formula is C22H27ClN3O2+. The Labute approximate surface area is 171 Å². The van der Waals surface area contributed by atoms with Crippen LogP contribution in [0.2, 0.25) is 5.02 Å². The molecule has 2 aromatic carbocycles. The van der Waals surface area contributed by atoms with E-state index in [4.69, 9.17) is 11.6 Å². The van der Waals surface area contributed by atoms with E-state index in [9.17, 15) is 9.59 Å². The minimum atomic E-state index is -0.291. The van der Waals surface area contributed by atoms with Crippen molar-refractivity contribution in [2.45, 2.75) is 32.4 Å². The molecule has 0 radical (unpaired) electrons. The first-order valence-electron chi connectivity index (χ1n) is 9.82. The Morgan fingerprint density at radius 3 is 2.29 bits per heavy atom. The second kappa shape index (κ2) is 10.2. The average Bonchev–Trinajstić information content (AvgIpc) is 2.72. The van der Waals surface area contributed by atoms with E-state index in [1.807, 2.05) is 6.07 Å². The lowest BCUT2D eigenvalue weighted by atomic mass is 10.0. The van der Waals surface area contributed by atoms with Crippen LogP contribution >= 0.6 is 11.6 Å². The Bertz CT molecular complexity index is 802. The number of rotatable bonds is 7. The van der Waals surface area contributed by atoms with Gasteiger partial charge >= 0.3 is 0 Å². The van der Waals surface area contributed by atoms with Gasteiger partial charge in [-0.2, -0.15) is 0 Å². The van der Waals surface area contributed by atoms with Crippen molar-refractivity contribution in [2.75, 3.05) is 19.6 Å². The molecule has 2 aromatic rings. The fraction of sp³-hybridized carbons (Fsp3) is 0.364. The smallest absolute Gasteiger partial charge is 0.251 e. The van der Waals surface area contributed by atoms with Crippen molar-refractivity contribution in [3.8, 4) is 0 Å². The number of quaternary nitrogens is 1. The summed E-state index contributed by atoms with van der Waals surface area (Å²) in [6.45, 7) is 3.86. The Morgan fingerprint density at radius 2 is 1.57 bits per heavy atom. The summed E-state index contributed by atoms with van der Waals surface area (Å²) < 4.78 is 0. The summed E-state index contributed by atoms with van der Waals surface area (Å²) in [5, 5.41) is 6.11. The summed E-state index contributed by atoms with van der Waals surface area (Å²) in [6, 6.07) is 14.8. The Kier molecular flexibility index (Phi) is 7.46. The first-order chi connectivity index (χ1) is 13.6. The highest BCUT2D eigenvalue weighted by molar-refractivity contribution is 6.30. The van der Waals surface area contributed by atoms with Crippen LogP contribution in [0, 0.1) is 0 Å². The fourth-order valence-electron chi connectivity index (χ4n) is 3.52. The molecule has 1 aliphatic heterocycles. The average molecular weight is 401 g/mol. The van der Waals surface area contributed by atoms with Gasteiger partial charge < -0.3 is 15.5 Å². The molecule has 3 N–H and O–H groups in total. The first-order valence-corrected chi connectivity index (χ1v) is 10.2. The molecule has 2 amide bonds. The second-order valence-corrected chi connectivity index (χ2v) is 7.66. The van der Waals surface area contributed by atoms with Gasteiger partial charge in [-0.1, -0.05) is 35.9 Å². The maximum absolute atomic E-state index is 12.2. The summed E-state index contributed by atoms with van der Waals surface area (Å²) in [5.41, 5.74) is 2.90. The van der Waals surface area contributed by atoms with Crippen LogP contribution in [-0.4, -0.2) is 31.4 Å². The van der Waals surface area contributed by atoms with E-state index < -0.39 is 0 Å². The predicted molar refractivity (Wildman–Crippen MR) is 110 cm³/mol. The van der Waals surface area contributed by atoms with Crippen LogP contribution in [0.4, 0.5) is 0 Å². The normalized spacial score (nSPS) is 14.5. The molecule has 1 heterocycles. The zero-order chi connectivity index (χ0) is 19.8. The van der Waals surface area contributed by atoms with Gasteiger partial charge in [0.05, 0.1) is 19.6 Å². The first kappa shape index (κ1) is 20.4. The number of benzene rings is 2. The molecule has 148 valence electrons. The van der Waals surface area contributed by atoms with E-state index in [2.05, 4.69) is 28.8 Å². The Balaban J connectivity index is 1.47. The number of hydrogen-bond acceptors (Lipinski definition) is 2. The summed E-state index contributed by atoms with van der Waals surface area (Å²) in [4.78, 5) is 25.8. The third kappa shape index (κ3) is 6.08. The van der Waals surface area contributed by atoms with Crippen LogP contribution in [0.3, 0.4) is 0 Å². The SMILES string of the molecule is O=C(CNC(=O)c1ccc(Cl)cc1)NCc1ccccc1C[NH+]1CCCCC1. The van der Waals surface area contributed by atoms with Gasteiger partial charge in [0.2, 0.25) is 5.91 Å². The van der Waals surface area contributed by atoms with Crippen LogP contribution < -0.4 is 15.5 Å². The summed E-state index contributed by atoms with van der Waals surface area (Å²) in [5.74, 6) is -0.497. The Hall–Kier alpha value is -2.37. The molecule has 0 saturated carbocycles. The molecule has 0 unspecified atom stereocenters. The van der Waals surface area contributed by atoms with Crippen LogP contribution in [0.5, 0.6) is 0 Å². The van der Waals surface area contributed by atoms with Crippen molar-refractivity contribution in [1.29, 1.82) is 0 Å². The number of carbonyl (C=O) groups is 2. The molecule has 0 bridgehead atoms. The summed E-state index contributed by atoms with van der Waals surface area (Å²) >= 11 is 5.82. The topological polar surface area (TPSA) is 62.6 Å². The number of piperidine rings is 1. The van der Waals surface area contributed by atoms with Crippen LogP contribution in [-0.2, 0) is 17.9 Å². The van der Waals surface area contributed by atoms with Crippen molar-refractivity contribution in [3.63, 3.8) is 0 Å². The minimum Gasteiger partial charge on any atom is -0.350 e. The van der Waals surface area contributed by atoms with E-state index in [-0.39, 0.29) is 18.4 Å². The van der Waals surface area contributed by atoms with Gasteiger partial charge in [0, 0.05) is 22.7 Å². The lowest BCUT2D eigenvalue weighted by molar-refractivity contribution is -0.918. The van der Waals surface area contributed by atoms with Crippen molar-refractivity contribution >= 4 is 23.4 Å². The largest absolute Gasteiger partial charge is 0.350 e. The summed E-state index contributed by atoms with van der Waals surface area (Å²) in [7, 11) is 0. The molecule has 6 heteroatoms. The number of hydrogen-bond donors (Lipinski definition) is 3. The third-order valence-corrected chi connectivity index (χ3v) is 5.36. The highest BCUT2D eigenvalue weighted by atomic mass is 35.5. The molecule has 0 spiro atoms. The number of halogens is 1. The van der Waals surface area contributed by atoms with E-state index >= 15 is 0 Å². The molecular weight excluding hydrogens is 374 g/mol. The van der Waals surface area contributed by atoms with Crippen molar-refractivity contribution in [3.05, 3.63) is 70.2 Å². The lowest BCUT2D eigenvalue weighted by Crippen LogP contribution is -3.11. The highest BCUT2D eigenvalue weighted by Gasteiger charge is 2.16. The Morgan fingerprint density at radius 1 is 0.893 bits per heavy atom. The van der Waals surface area contributed by atoms with Gasteiger partial charge in [-0.15, -0.1) is 0 Å². The second-order valence-electron chi connectivity index (χ2n) is 7.22. The molecule has 1 aliphatic rings. The standard InChI is InChI=1S/C22H26ClN3O2/c23-20-10-8-17(9-11-20)22(28)25-15-21(27)24-14-18-6-2-3-7-19(18)16-26-12-4-1-5-13-26/h2-3,6-11H,1,4-5,12-16H2,(H,24,27)(H,25,28)/p+1. The molecule has 28 heavy (non-hydrogen) atoms. The van der Waals surface area contributed by atoms with E-state index in [0.717, 1.165) is 12.1 Å². The predicted octanol–water partition coefficient (Wildman–Crippen LogP) is 1.95. The van der Waals surface area contributed by atoms with Gasteiger partial charge in [-0.05, 0) is 49.1 Å².